The Balaban J connectivity index is 1.77. The monoisotopic (exact) mass is 280 g/mol. The lowest BCUT2D eigenvalue weighted by atomic mass is 9.84. The minimum atomic E-state index is 0.484. The summed E-state index contributed by atoms with van der Waals surface area (Å²) in [6.45, 7) is 3.35. The number of rotatable bonds is 1. The fourth-order valence-electron chi connectivity index (χ4n) is 3.52. The van der Waals surface area contributed by atoms with Crippen molar-refractivity contribution in [3.63, 3.8) is 0 Å². The molecule has 104 valence electrons. The van der Waals surface area contributed by atoms with Crippen molar-refractivity contribution in [3.05, 3.63) is 17.3 Å². The van der Waals surface area contributed by atoms with Gasteiger partial charge in [-0.05, 0) is 44.8 Å². The van der Waals surface area contributed by atoms with Crippen molar-refractivity contribution in [1.29, 1.82) is 0 Å². The molecule has 0 bridgehead atoms. The standard InChI is InChI=1S/C14H21ClN4/c1-18-5-2-3-10-9-19(6-4-12(10)18)14-8-11(16)7-13(15)17-14/h7-8,10,12H,2-6,9H2,1H3,(H2,16,17). The van der Waals surface area contributed by atoms with E-state index in [1.54, 1.807) is 6.07 Å². The molecule has 4 nitrogen and oxygen atoms in total. The van der Waals surface area contributed by atoms with Crippen molar-refractivity contribution in [2.45, 2.75) is 25.3 Å². The molecule has 0 radical (unpaired) electrons. The fraction of sp³-hybridized carbons (Fsp3) is 0.643. The number of piperidine rings is 2. The number of nitrogens with zero attached hydrogens (tertiary/aromatic N) is 3. The zero-order valence-electron chi connectivity index (χ0n) is 11.3. The number of anilines is 2. The number of nitrogen functional groups attached to an aromatic ring is 1. The molecule has 0 spiro atoms. The first kappa shape index (κ1) is 13.0. The molecule has 2 fully saturated rings. The number of fused-ring (bicyclic) bond motifs is 1. The first-order valence-corrected chi connectivity index (χ1v) is 7.39. The number of likely N-dealkylation sites (tertiary alicyclic amines) is 1. The zero-order chi connectivity index (χ0) is 13.4. The number of hydrogen-bond acceptors (Lipinski definition) is 4. The Kier molecular flexibility index (Phi) is 3.54. The lowest BCUT2D eigenvalue weighted by Crippen LogP contribution is -2.52. The predicted octanol–water partition coefficient (Wildman–Crippen LogP) is 2.24. The second kappa shape index (κ2) is 5.17. The normalized spacial score (nSPS) is 28.2. The largest absolute Gasteiger partial charge is 0.399 e. The topological polar surface area (TPSA) is 45.4 Å². The van der Waals surface area contributed by atoms with Gasteiger partial charge in [-0.15, -0.1) is 0 Å². The maximum atomic E-state index is 6.00. The van der Waals surface area contributed by atoms with Crippen molar-refractivity contribution in [2.75, 3.05) is 37.3 Å². The third-order valence-electron chi connectivity index (χ3n) is 4.47. The van der Waals surface area contributed by atoms with Gasteiger partial charge in [0.25, 0.3) is 0 Å². The molecular weight excluding hydrogens is 260 g/mol. The Morgan fingerprint density at radius 2 is 2.16 bits per heavy atom. The molecule has 2 aliphatic rings. The molecule has 2 aliphatic heterocycles. The molecule has 0 aliphatic carbocycles. The average molecular weight is 281 g/mol. The van der Waals surface area contributed by atoms with Crippen molar-refractivity contribution >= 4 is 23.1 Å². The number of hydrogen-bond donors (Lipinski definition) is 1. The summed E-state index contributed by atoms with van der Waals surface area (Å²) in [5, 5.41) is 0.484. The van der Waals surface area contributed by atoms with Crippen LogP contribution in [0.25, 0.3) is 0 Å². The van der Waals surface area contributed by atoms with Gasteiger partial charge >= 0.3 is 0 Å². The fourth-order valence-corrected chi connectivity index (χ4v) is 3.74. The summed E-state index contributed by atoms with van der Waals surface area (Å²) < 4.78 is 0. The lowest BCUT2D eigenvalue weighted by Gasteiger charge is -2.46. The van der Waals surface area contributed by atoms with E-state index in [1.165, 1.54) is 25.8 Å². The lowest BCUT2D eigenvalue weighted by molar-refractivity contribution is 0.102. The van der Waals surface area contributed by atoms with E-state index < -0.39 is 0 Å². The van der Waals surface area contributed by atoms with Gasteiger partial charge in [-0.2, -0.15) is 0 Å². The Morgan fingerprint density at radius 1 is 1.32 bits per heavy atom. The number of nitrogens with two attached hydrogens (primary N) is 1. The SMILES string of the molecule is CN1CCCC2CN(c3cc(N)cc(Cl)n3)CCC21. The van der Waals surface area contributed by atoms with Gasteiger partial charge in [0.2, 0.25) is 0 Å². The summed E-state index contributed by atoms with van der Waals surface area (Å²) in [6.07, 6.45) is 3.83. The molecule has 2 unspecified atom stereocenters. The third-order valence-corrected chi connectivity index (χ3v) is 4.67. The van der Waals surface area contributed by atoms with E-state index >= 15 is 0 Å². The molecule has 0 amide bonds. The number of aromatic nitrogens is 1. The van der Waals surface area contributed by atoms with Crippen LogP contribution in [0.15, 0.2) is 12.1 Å². The van der Waals surface area contributed by atoms with Crippen molar-refractivity contribution in [2.24, 2.45) is 5.92 Å². The molecule has 5 heteroatoms. The molecule has 1 aromatic rings. The highest BCUT2D eigenvalue weighted by molar-refractivity contribution is 6.29. The van der Waals surface area contributed by atoms with Gasteiger partial charge < -0.3 is 15.5 Å². The minimum Gasteiger partial charge on any atom is -0.399 e. The quantitative estimate of drug-likeness (QED) is 0.802. The summed E-state index contributed by atoms with van der Waals surface area (Å²) in [4.78, 5) is 9.27. The Bertz CT molecular complexity index is 445. The Hall–Kier alpha value is -1.00. The van der Waals surface area contributed by atoms with Crippen LogP contribution in [0.4, 0.5) is 11.5 Å². The molecule has 3 heterocycles. The second-order valence-electron chi connectivity index (χ2n) is 5.77. The minimum absolute atomic E-state index is 0.484. The molecule has 0 aromatic carbocycles. The van der Waals surface area contributed by atoms with E-state index in [9.17, 15) is 0 Å². The van der Waals surface area contributed by atoms with Crippen LogP contribution >= 0.6 is 11.6 Å². The molecule has 2 saturated heterocycles. The second-order valence-corrected chi connectivity index (χ2v) is 6.15. The molecule has 2 N–H and O–H groups in total. The van der Waals surface area contributed by atoms with E-state index in [4.69, 9.17) is 17.3 Å². The summed E-state index contributed by atoms with van der Waals surface area (Å²) in [5.41, 5.74) is 6.55. The maximum Gasteiger partial charge on any atom is 0.133 e. The number of pyridine rings is 1. The van der Waals surface area contributed by atoms with Crippen LogP contribution in [0.1, 0.15) is 19.3 Å². The van der Waals surface area contributed by atoms with Gasteiger partial charge in [-0.25, -0.2) is 4.98 Å². The van der Waals surface area contributed by atoms with Gasteiger partial charge in [0.1, 0.15) is 11.0 Å². The molecule has 1 aromatic heterocycles. The van der Waals surface area contributed by atoms with Crippen LogP contribution in [0.5, 0.6) is 0 Å². The van der Waals surface area contributed by atoms with Crippen LogP contribution in [-0.2, 0) is 0 Å². The number of halogens is 1. The maximum absolute atomic E-state index is 6.00. The van der Waals surface area contributed by atoms with Crippen LogP contribution in [0, 0.1) is 5.92 Å². The highest BCUT2D eigenvalue weighted by Gasteiger charge is 2.34. The first-order chi connectivity index (χ1) is 9.13. The predicted molar refractivity (Wildman–Crippen MR) is 79.6 cm³/mol. The summed E-state index contributed by atoms with van der Waals surface area (Å²) in [5.74, 6) is 1.67. The van der Waals surface area contributed by atoms with Gasteiger partial charge in [-0.3, -0.25) is 0 Å². The summed E-state index contributed by atoms with van der Waals surface area (Å²) >= 11 is 6.00. The van der Waals surface area contributed by atoms with Crippen LogP contribution in [0.3, 0.4) is 0 Å². The van der Waals surface area contributed by atoms with Gasteiger partial charge in [-0.1, -0.05) is 11.6 Å². The van der Waals surface area contributed by atoms with Crippen molar-refractivity contribution in [1.82, 2.24) is 9.88 Å². The van der Waals surface area contributed by atoms with E-state index in [1.807, 2.05) is 6.07 Å². The third kappa shape index (κ3) is 2.65. The molecular formula is C14H21ClN4. The smallest absolute Gasteiger partial charge is 0.133 e. The summed E-state index contributed by atoms with van der Waals surface area (Å²) in [6, 6.07) is 4.37. The first-order valence-electron chi connectivity index (χ1n) is 7.02. The van der Waals surface area contributed by atoms with Gasteiger partial charge in [0.15, 0.2) is 0 Å². The Morgan fingerprint density at radius 3 is 2.95 bits per heavy atom. The molecule has 3 rings (SSSR count). The Labute approximate surface area is 119 Å². The van der Waals surface area contributed by atoms with Crippen molar-refractivity contribution in [3.8, 4) is 0 Å². The van der Waals surface area contributed by atoms with Crippen LogP contribution in [-0.4, -0.2) is 42.6 Å². The van der Waals surface area contributed by atoms with Crippen LogP contribution in [0.2, 0.25) is 5.15 Å². The zero-order valence-corrected chi connectivity index (χ0v) is 12.1. The van der Waals surface area contributed by atoms with E-state index in [0.29, 0.717) is 10.8 Å². The highest BCUT2D eigenvalue weighted by Crippen LogP contribution is 2.32. The van der Waals surface area contributed by atoms with E-state index in [0.717, 1.165) is 30.9 Å². The van der Waals surface area contributed by atoms with Gasteiger partial charge in [0, 0.05) is 30.9 Å². The van der Waals surface area contributed by atoms with Gasteiger partial charge in [0.05, 0.1) is 0 Å². The van der Waals surface area contributed by atoms with E-state index in [2.05, 4.69) is 21.8 Å². The summed E-state index contributed by atoms with van der Waals surface area (Å²) in [7, 11) is 2.25. The molecule has 2 atom stereocenters. The van der Waals surface area contributed by atoms with Crippen LogP contribution < -0.4 is 10.6 Å². The average Bonchev–Trinajstić information content (AvgIpc) is 2.37. The highest BCUT2D eigenvalue weighted by atomic mass is 35.5. The molecule has 19 heavy (non-hydrogen) atoms. The van der Waals surface area contributed by atoms with Crippen molar-refractivity contribution < 1.29 is 0 Å². The van der Waals surface area contributed by atoms with E-state index in [-0.39, 0.29) is 0 Å². The molecule has 0 saturated carbocycles.